The summed E-state index contributed by atoms with van der Waals surface area (Å²) in [5, 5.41) is 37.1. The normalized spacial score (nSPS) is 11.2. The van der Waals surface area contributed by atoms with Crippen molar-refractivity contribution in [3.8, 4) is 102 Å². The van der Waals surface area contributed by atoms with E-state index >= 15 is 0 Å². The van der Waals surface area contributed by atoms with E-state index in [1.807, 2.05) is 97.1 Å². The van der Waals surface area contributed by atoms with Crippen LogP contribution in [0, 0.1) is 34.0 Å². The summed E-state index contributed by atoms with van der Waals surface area (Å²) in [5.41, 5.74) is 16.5. The van der Waals surface area contributed by atoms with Crippen molar-refractivity contribution in [2.75, 3.05) is 0 Å². The maximum Gasteiger partial charge on any atom is 0.102 e. The summed E-state index contributed by atoms with van der Waals surface area (Å²) >= 11 is 0. The van der Waals surface area contributed by atoms with Crippen LogP contribution < -0.4 is 0 Å². The van der Waals surface area contributed by atoms with E-state index in [9.17, 15) is 15.8 Å². The van der Waals surface area contributed by atoms with Crippen LogP contribution in [0.15, 0.2) is 261 Å². The fourth-order valence-electron chi connectivity index (χ4n) is 10.3. The molecule has 346 valence electrons. The first-order valence-corrected chi connectivity index (χ1v) is 24.6. The van der Waals surface area contributed by atoms with Crippen LogP contribution in [0.5, 0.6) is 0 Å². The highest BCUT2D eigenvalue weighted by atomic mass is 15.0. The van der Waals surface area contributed by atoms with E-state index in [-0.39, 0.29) is 16.7 Å². The Hall–Kier alpha value is -10.3. The van der Waals surface area contributed by atoms with Gasteiger partial charge in [0.25, 0.3) is 0 Å². The van der Waals surface area contributed by atoms with Gasteiger partial charge in [0.05, 0.1) is 33.4 Å². The summed E-state index contributed by atoms with van der Waals surface area (Å²) in [6, 6.07) is 84.5. The molecule has 1 aromatic heterocycles. The van der Waals surface area contributed by atoms with Crippen molar-refractivity contribution in [2.24, 2.45) is 0 Å². The Labute approximate surface area is 431 Å². The molecule has 74 heavy (non-hydrogen) atoms. The van der Waals surface area contributed by atoms with Crippen molar-refractivity contribution in [1.29, 1.82) is 15.8 Å². The molecule has 11 aromatic rings. The van der Waals surface area contributed by atoms with E-state index in [1.54, 1.807) is 6.08 Å². The summed E-state index contributed by atoms with van der Waals surface area (Å²) < 4.78 is 2.08. The Morgan fingerprint density at radius 3 is 1.18 bits per heavy atom. The van der Waals surface area contributed by atoms with Crippen LogP contribution in [0.2, 0.25) is 0 Å². The number of hydrogen-bond donors (Lipinski definition) is 0. The molecule has 1 heterocycles. The Morgan fingerprint density at radius 2 is 0.730 bits per heavy atom. The first-order valence-electron chi connectivity index (χ1n) is 24.6. The van der Waals surface area contributed by atoms with Gasteiger partial charge in [-0.15, -0.1) is 0 Å². The van der Waals surface area contributed by atoms with Crippen LogP contribution in [0.25, 0.3) is 105 Å². The van der Waals surface area contributed by atoms with Gasteiger partial charge in [-0.25, -0.2) is 0 Å². The molecule has 0 saturated heterocycles. The van der Waals surface area contributed by atoms with E-state index in [4.69, 9.17) is 0 Å². The zero-order valence-electron chi connectivity index (χ0n) is 40.5. The third kappa shape index (κ3) is 8.80. The molecule has 0 saturated carbocycles. The smallest absolute Gasteiger partial charge is 0.102 e. The lowest BCUT2D eigenvalue weighted by molar-refractivity contribution is 1.15. The Balaban J connectivity index is 1.20. The van der Waals surface area contributed by atoms with Crippen LogP contribution >= 0.6 is 0 Å². The molecule has 0 unspecified atom stereocenters. The number of aromatic nitrogens is 1. The van der Waals surface area contributed by atoms with Crippen molar-refractivity contribution in [1.82, 2.24) is 4.57 Å². The quantitative estimate of drug-likeness (QED) is 0.115. The van der Waals surface area contributed by atoms with Crippen molar-refractivity contribution in [2.45, 2.75) is 6.42 Å². The number of hydrogen-bond acceptors (Lipinski definition) is 3. The van der Waals surface area contributed by atoms with E-state index < -0.39 is 0 Å². The first kappa shape index (κ1) is 46.1. The first-order chi connectivity index (χ1) is 36.5. The second-order valence-electron chi connectivity index (χ2n) is 18.2. The number of allylic oxidation sites excluding steroid dienone is 5. The summed E-state index contributed by atoms with van der Waals surface area (Å²) in [6.07, 6.45) is 10.5. The zero-order chi connectivity index (χ0) is 50.4. The third-order valence-electron chi connectivity index (χ3n) is 13.7. The molecule has 0 fully saturated rings. The van der Waals surface area contributed by atoms with Crippen LogP contribution in [-0.2, 0) is 6.42 Å². The molecule has 0 aliphatic rings. The van der Waals surface area contributed by atoms with Gasteiger partial charge >= 0.3 is 0 Å². The standard InChI is InChI=1S/C70H46N4/c1-2-3-4-5-9-20-48-21-16-28-52(39-48)55-31-18-33-59(41-55)68-63(45-71)69(60-34-19-32-56(42-60)54-30-17-29-53(40-54)49-22-10-6-11-23-49)65(47-73)70(64(68)46-72)74-66-37-35-57(50-24-12-7-13-25-50)43-61(66)62-44-58(36-38-67(62)74)51-26-14-8-15-27-51/h2-19,21-44H,1,20H2/b4-3-,9-5-. The Kier molecular flexibility index (Phi) is 12.8. The van der Waals surface area contributed by atoms with Gasteiger partial charge in [-0.1, -0.05) is 219 Å². The summed E-state index contributed by atoms with van der Waals surface area (Å²) in [5.74, 6) is 0. The van der Waals surface area contributed by atoms with Gasteiger partial charge in [0.15, 0.2) is 0 Å². The van der Waals surface area contributed by atoms with Gasteiger partial charge in [-0.3, -0.25) is 0 Å². The highest BCUT2D eigenvalue weighted by Gasteiger charge is 2.30. The lowest BCUT2D eigenvalue weighted by Gasteiger charge is -2.22. The lowest BCUT2D eigenvalue weighted by Crippen LogP contribution is -2.08. The molecule has 4 nitrogen and oxygen atoms in total. The number of rotatable bonds is 12. The fraction of sp³-hybridized carbons (Fsp3) is 0.0143. The van der Waals surface area contributed by atoms with Gasteiger partial charge in [0.2, 0.25) is 0 Å². The minimum atomic E-state index is 0.231. The van der Waals surface area contributed by atoms with Gasteiger partial charge < -0.3 is 4.57 Å². The lowest BCUT2D eigenvalue weighted by atomic mass is 9.83. The molecule has 0 bridgehead atoms. The largest absolute Gasteiger partial charge is 0.307 e. The average Bonchev–Trinajstić information content (AvgIpc) is 3.80. The SMILES string of the molecule is C=C/C=C\C=C/Cc1cccc(-c2cccc(-c3c(C#N)c(-c4cccc(-c5cccc(-c6ccccc6)c5)c4)c(C#N)c(-n4c5ccc(-c6ccccc6)cc5c5cc(-c6ccccc6)ccc54)c3C#N)c2)c1. The fourth-order valence-corrected chi connectivity index (χ4v) is 10.3. The van der Waals surface area contributed by atoms with Crippen LogP contribution in [0.4, 0.5) is 0 Å². The molecule has 0 N–H and O–H groups in total. The predicted molar refractivity (Wildman–Crippen MR) is 305 cm³/mol. The molecule has 0 radical (unpaired) electrons. The summed E-state index contributed by atoms with van der Waals surface area (Å²) in [7, 11) is 0. The second kappa shape index (κ2) is 20.6. The summed E-state index contributed by atoms with van der Waals surface area (Å²) in [4.78, 5) is 0. The van der Waals surface area contributed by atoms with Crippen molar-refractivity contribution in [3.63, 3.8) is 0 Å². The molecule has 0 amide bonds. The average molecular weight is 943 g/mol. The van der Waals surface area contributed by atoms with Crippen molar-refractivity contribution in [3.05, 3.63) is 284 Å². The topological polar surface area (TPSA) is 76.3 Å². The zero-order valence-corrected chi connectivity index (χ0v) is 40.5. The van der Waals surface area contributed by atoms with Gasteiger partial charge in [0, 0.05) is 21.9 Å². The van der Waals surface area contributed by atoms with Crippen molar-refractivity contribution >= 4 is 21.8 Å². The molecule has 4 heteroatoms. The monoisotopic (exact) mass is 942 g/mol. The molecular formula is C70H46N4. The van der Waals surface area contributed by atoms with E-state index in [1.165, 1.54) is 0 Å². The third-order valence-corrected chi connectivity index (χ3v) is 13.7. The van der Waals surface area contributed by atoms with Crippen LogP contribution in [0.3, 0.4) is 0 Å². The number of benzene rings is 10. The Bertz CT molecular complexity index is 4040. The van der Waals surface area contributed by atoms with E-state index in [0.29, 0.717) is 27.9 Å². The summed E-state index contributed by atoms with van der Waals surface area (Å²) in [6.45, 7) is 3.76. The minimum Gasteiger partial charge on any atom is -0.307 e. The predicted octanol–water partition coefficient (Wildman–Crippen LogP) is 17.9. The molecule has 0 spiro atoms. The number of fused-ring (bicyclic) bond motifs is 3. The van der Waals surface area contributed by atoms with E-state index in [2.05, 4.69) is 181 Å². The minimum absolute atomic E-state index is 0.231. The molecular weight excluding hydrogens is 897 g/mol. The number of nitriles is 3. The van der Waals surface area contributed by atoms with Crippen LogP contribution in [-0.4, -0.2) is 4.57 Å². The highest BCUT2D eigenvalue weighted by Crippen LogP contribution is 2.46. The molecule has 0 aliphatic carbocycles. The maximum atomic E-state index is 11.8. The van der Waals surface area contributed by atoms with E-state index in [0.717, 1.165) is 89.4 Å². The molecule has 0 aliphatic heterocycles. The molecule has 11 rings (SSSR count). The molecule has 0 atom stereocenters. The highest BCUT2D eigenvalue weighted by molar-refractivity contribution is 6.13. The van der Waals surface area contributed by atoms with Crippen molar-refractivity contribution < 1.29 is 0 Å². The van der Waals surface area contributed by atoms with Crippen LogP contribution in [0.1, 0.15) is 22.3 Å². The Morgan fingerprint density at radius 1 is 0.351 bits per heavy atom. The van der Waals surface area contributed by atoms with Gasteiger partial charge in [-0.05, 0) is 121 Å². The maximum absolute atomic E-state index is 11.8. The number of nitrogens with zero attached hydrogens (tertiary/aromatic N) is 4. The second-order valence-corrected chi connectivity index (χ2v) is 18.2. The molecule has 10 aromatic carbocycles. The van der Waals surface area contributed by atoms with Gasteiger partial charge in [0.1, 0.15) is 18.2 Å². The van der Waals surface area contributed by atoms with Gasteiger partial charge in [-0.2, -0.15) is 15.8 Å².